The highest BCUT2D eigenvalue weighted by Crippen LogP contribution is 2.20. The van der Waals surface area contributed by atoms with E-state index in [2.05, 4.69) is 9.88 Å². The molecule has 0 aliphatic carbocycles. The topological polar surface area (TPSA) is 86.6 Å². The van der Waals surface area contributed by atoms with E-state index in [1.54, 1.807) is 30.3 Å². The molecule has 0 unspecified atom stereocenters. The minimum Gasteiger partial charge on any atom is -0.456 e. The number of carbonyl (C=O) groups excluding carboxylic acids is 3. The van der Waals surface area contributed by atoms with Gasteiger partial charge in [-0.05, 0) is 44.9 Å². The zero-order chi connectivity index (χ0) is 20.8. The molecule has 2 aromatic rings. The van der Waals surface area contributed by atoms with E-state index in [1.165, 1.54) is 0 Å². The SMILES string of the molecule is Cc1cc(C(=O)COC(=O)CNC(=O)c2ccccc2)c(C)n1C[C@H]1CCCO1. The van der Waals surface area contributed by atoms with Crippen LogP contribution in [0.5, 0.6) is 0 Å². The molecule has 1 aromatic carbocycles. The summed E-state index contributed by atoms with van der Waals surface area (Å²) in [6.07, 6.45) is 2.26. The van der Waals surface area contributed by atoms with Gasteiger partial charge in [0.15, 0.2) is 6.61 Å². The molecule has 1 N–H and O–H groups in total. The number of ether oxygens (including phenoxy) is 2. The number of carbonyl (C=O) groups is 3. The third-order valence-electron chi connectivity index (χ3n) is 5.08. The van der Waals surface area contributed by atoms with E-state index in [9.17, 15) is 14.4 Å². The van der Waals surface area contributed by atoms with E-state index in [0.717, 1.165) is 37.4 Å². The lowest BCUT2D eigenvalue weighted by Crippen LogP contribution is -2.31. The molecule has 1 aliphatic heterocycles. The summed E-state index contributed by atoms with van der Waals surface area (Å²) >= 11 is 0. The molecule has 29 heavy (non-hydrogen) atoms. The van der Waals surface area contributed by atoms with Crippen molar-refractivity contribution in [1.29, 1.82) is 0 Å². The summed E-state index contributed by atoms with van der Waals surface area (Å²) in [5, 5.41) is 2.48. The normalized spacial score (nSPS) is 15.9. The van der Waals surface area contributed by atoms with Crippen molar-refractivity contribution < 1.29 is 23.9 Å². The molecular weight excluding hydrogens is 372 g/mol. The Hall–Kier alpha value is -2.93. The summed E-state index contributed by atoms with van der Waals surface area (Å²) in [7, 11) is 0. The number of ketones is 1. The number of hydrogen-bond acceptors (Lipinski definition) is 5. The number of aromatic nitrogens is 1. The summed E-state index contributed by atoms with van der Waals surface area (Å²) in [5.41, 5.74) is 2.82. The predicted octanol–water partition coefficient (Wildman–Crippen LogP) is 2.44. The number of nitrogens with zero attached hydrogens (tertiary/aromatic N) is 1. The molecular formula is C22H26N2O5. The maximum absolute atomic E-state index is 12.5. The van der Waals surface area contributed by atoms with Crippen LogP contribution in [0.25, 0.3) is 0 Å². The molecule has 1 atom stereocenters. The number of aryl methyl sites for hydroxylation is 1. The van der Waals surface area contributed by atoms with Gasteiger partial charge in [0.1, 0.15) is 6.54 Å². The second-order valence-corrected chi connectivity index (χ2v) is 7.16. The monoisotopic (exact) mass is 398 g/mol. The number of benzene rings is 1. The third-order valence-corrected chi connectivity index (χ3v) is 5.08. The maximum atomic E-state index is 12.5. The molecule has 0 spiro atoms. The average Bonchev–Trinajstić information content (AvgIpc) is 3.34. The number of amides is 1. The van der Waals surface area contributed by atoms with Crippen molar-refractivity contribution in [3.05, 3.63) is 58.9 Å². The van der Waals surface area contributed by atoms with E-state index < -0.39 is 5.97 Å². The molecule has 1 saturated heterocycles. The molecule has 0 radical (unpaired) electrons. The van der Waals surface area contributed by atoms with Gasteiger partial charge < -0.3 is 19.4 Å². The first-order chi connectivity index (χ1) is 14.0. The summed E-state index contributed by atoms with van der Waals surface area (Å²) in [4.78, 5) is 36.4. The van der Waals surface area contributed by atoms with Crippen LogP contribution >= 0.6 is 0 Å². The van der Waals surface area contributed by atoms with Crippen LogP contribution in [-0.2, 0) is 20.8 Å². The molecule has 2 heterocycles. The van der Waals surface area contributed by atoms with Gasteiger partial charge in [-0.1, -0.05) is 18.2 Å². The highest BCUT2D eigenvalue weighted by Gasteiger charge is 2.21. The van der Waals surface area contributed by atoms with Gasteiger partial charge in [0, 0.05) is 35.7 Å². The Morgan fingerprint density at radius 1 is 1.21 bits per heavy atom. The molecule has 1 fully saturated rings. The van der Waals surface area contributed by atoms with Gasteiger partial charge in [0.05, 0.1) is 6.10 Å². The van der Waals surface area contributed by atoms with Crippen LogP contribution in [0.15, 0.2) is 36.4 Å². The highest BCUT2D eigenvalue weighted by molar-refractivity contribution is 6.00. The van der Waals surface area contributed by atoms with E-state index in [-0.39, 0.29) is 30.9 Å². The molecule has 0 bridgehead atoms. The van der Waals surface area contributed by atoms with Crippen molar-refractivity contribution in [1.82, 2.24) is 9.88 Å². The molecule has 7 nitrogen and oxygen atoms in total. The minimum atomic E-state index is -0.657. The average molecular weight is 398 g/mol. The molecule has 0 saturated carbocycles. The summed E-state index contributed by atoms with van der Waals surface area (Å²) in [6.45, 7) is 4.69. The molecule has 1 aliphatic rings. The van der Waals surface area contributed by atoms with E-state index in [1.807, 2.05) is 19.9 Å². The van der Waals surface area contributed by atoms with Crippen molar-refractivity contribution in [3.63, 3.8) is 0 Å². The fraction of sp³-hybridized carbons (Fsp3) is 0.409. The lowest BCUT2D eigenvalue weighted by molar-refractivity contribution is -0.141. The largest absolute Gasteiger partial charge is 0.456 e. The predicted molar refractivity (Wildman–Crippen MR) is 107 cm³/mol. The standard InChI is InChI=1S/C22H26N2O5/c1-15-11-19(16(2)24(15)13-18-9-6-10-28-18)20(25)14-29-21(26)12-23-22(27)17-7-4-3-5-8-17/h3-5,7-8,11,18H,6,9-10,12-14H2,1-2H3,(H,23,27)/t18-/m1/s1. The number of esters is 1. The number of Topliss-reactive ketones (excluding diaryl/α,β-unsaturated/α-hetero) is 1. The smallest absolute Gasteiger partial charge is 0.325 e. The van der Waals surface area contributed by atoms with Crippen LogP contribution in [0.4, 0.5) is 0 Å². The van der Waals surface area contributed by atoms with Gasteiger partial charge in [0.2, 0.25) is 5.78 Å². The Morgan fingerprint density at radius 3 is 2.66 bits per heavy atom. The van der Waals surface area contributed by atoms with Gasteiger partial charge in [-0.3, -0.25) is 14.4 Å². The fourth-order valence-corrected chi connectivity index (χ4v) is 3.48. The second kappa shape index (κ2) is 9.52. The van der Waals surface area contributed by atoms with Crippen LogP contribution in [0.3, 0.4) is 0 Å². The lowest BCUT2D eigenvalue weighted by atomic mass is 10.1. The highest BCUT2D eigenvalue weighted by atomic mass is 16.5. The zero-order valence-corrected chi connectivity index (χ0v) is 16.8. The summed E-state index contributed by atoms with van der Waals surface area (Å²) < 4.78 is 12.8. The van der Waals surface area contributed by atoms with E-state index in [4.69, 9.17) is 9.47 Å². The zero-order valence-electron chi connectivity index (χ0n) is 16.8. The van der Waals surface area contributed by atoms with Crippen molar-refractivity contribution in [2.45, 2.75) is 39.3 Å². The van der Waals surface area contributed by atoms with Gasteiger partial charge >= 0.3 is 5.97 Å². The Labute approximate surface area is 170 Å². The van der Waals surface area contributed by atoms with Crippen LogP contribution in [0.1, 0.15) is 44.9 Å². The lowest BCUT2D eigenvalue weighted by Gasteiger charge is -2.14. The van der Waals surface area contributed by atoms with E-state index >= 15 is 0 Å². The van der Waals surface area contributed by atoms with Gasteiger partial charge in [-0.25, -0.2) is 0 Å². The molecule has 154 valence electrons. The first-order valence-electron chi connectivity index (χ1n) is 9.76. The van der Waals surface area contributed by atoms with Gasteiger partial charge in [-0.2, -0.15) is 0 Å². The first kappa shape index (κ1) is 20.8. The van der Waals surface area contributed by atoms with Crippen molar-refractivity contribution >= 4 is 17.7 Å². The maximum Gasteiger partial charge on any atom is 0.325 e. The van der Waals surface area contributed by atoms with Crippen LogP contribution in [-0.4, -0.2) is 48.1 Å². The number of nitrogens with one attached hydrogen (secondary N) is 1. The van der Waals surface area contributed by atoms with Crippen LogP contribution in [0.2, 0.25) is 0 Å². The fourth-order valence-electron chi connectivity index (χ4n) is 3.48. The van der Waals surface area contributed by atoms with Crippen LogP contribution < -0.4 is 5.32 Å². The quantitative estimate of drug-likeness (QED) is 0.545. The van der Waals surface area contributed by atoms with Crippen LogP contribution in [0, 0.1) is 13.8 Å². The second-order valence-electron chi connectivity index (χ2n) is 7.16. The Kier molecular flexibility index (Phi) is 6.82. The molecule has 1 aromatic heterocycles. The van der Waals surface area contributed by atoms with Crippen molar-refractivity contribution in [2.75, 3.05) is 19.8 Å². The van der Waals surface area contributed by atoms with Gasteiger partial charge in [-0.15, -0.1) is 0 Å². The molecule has 1 amide bonds. The number of hydrogen-bond donors (Lipinski definition) is 1. The van der Waals surface area contributed by atoms with Crippen molar-refractivity contribution in [2.24, 2.45) is 0 Å². The van der Waals surface area contributed by atoms with E-state index in [0.29, 0.717) is 11.1 Å². The Bertz CT molecular complexity index is 882. The third kappa shape index (κ3) is 5.32. The van der Waals surface area contributed by atoms with Gasteiger partial charge in [0.25, 0.3) is 5.91 Å². The van der Waals surface area contributed by atoms with Crippen molar-refractivity contribution in [3.8, 4) is 0 Å². The number of rotatable bonds is 8. The Morgan fingerprint density at radius 2 is 1.97 bits per heavy atom. The first-order valence-corrected chi connectivity index (χ1v) is 9.76. The molecule has 7 heteroatoms. The minimum absolute atomic E-state index is 0.175. The summed E-state index contributed by atoms with van der Waals surface area (Å²) in [6, 6.07) is 10.4. The molecule has 3 rings (SSSR count). The Balaban J connectivity index is 1.50. The summed E-state index contributed by atoms with van der Waals surface area (Å²) in [5.74, 6) is -1.29.